The molecule has 0 aliphatic heterocycles. The molecule has 0 N–H and O–H groups in total. The maximum absolute atomic E-state index is 9.12. The Balaban J connectivity index is 1.85. The average molecular weight is 306 g/mol. The van der Waals surface area contributed by atoms with E-state index in [1.807, 2.05) is 6.07 Å². The second-order valence-corrected chi connectivity index (χ2v) is 6.29. The molecule has 0 amide bonds. The Morgan fingerprint density at radius 1 is 1.00 bits per heavy atom. The van der Waals surface area contributed by atoms with Crippen LogP contribution < -0.4 is 0 Å². The van der Waals surface area contributed by atoms with Crippen molar-refractivity contribution < 1.29 is 0 Å². The van der Waals surface area contributed by atoms with E-state index in [0.29, 0.717) is 12.5 Å². The molecule has 120 valence electrons. The van der Waals surface area contributed by atoms with Gasteiger partial charge in [-0.15, -0.1) is 0 Å². The van der Waals surface area contributed by atoms with Gasteiger partial charge in [-0.25, -0.2) is 0 Å². The lowest BCUT2D eigenvalue weighted by molar-refractivity contribution is 0.221. The molecule has 2 rings (SSSR count). The van der Waals surface area contributed by atoms with Crippen LogP contribution in [0.15, 0.2) is 54.6 Å². The summed E-state index contributed by atoms with van der Waals surface area (Å²) in [7, 11) is 2.13. The minimum absolute atomic E-state index is 0.325. The number of nitrogens with zero attached hydrogens (tertiary/aromatic N) is 2. The van der Waals surface area contributed by atoms with Crippen LogP contribution in [0.5, 0.6) is 0 Å². The first-order valence-electron chi connectivity index (χ1n) is 8.35. The normalized spacial score (nSPS) is 12.1. The van der Waals surface area contributed by atoms with Gasteiger partial charge in [0.25, 0.3) is 0 Å². The van der Waals surface area contributed by atoms with Crippen molar-refractivity contribution in [3.63, 3.8) is 0 Å². The Hall–Kier alpha value is -2.11. The number of nitriles is 1. The molecule has 1 atom stereocenters. The molecule has 1 unspecified atom stereocenters. The first-order chi connectivity index (χ1) is 11.2. The summed E-state index contributed by atoms with van der Waals surface area (Å²) in [6.07, 6.45) is 3.86. The molecular formula is C21H26N2. The minimum atomic E-state index is 0.325. The molecule has 2 aromatic rings. The zero-order chi connectivity index (χ0) is 16.5. The van der Waals surface area contributed by atoms with E-state index in [0.717, 1.165) is 25.8 Å². The number of hydrogen-bond acceptors (Lipinski definition) is 2. The number of benzene rings is 2. The summed E-state index contributed by atoms with van der Waals surface area (Å²) in [5.74, 6) is 0. The number of rotatable bonds is 8. The third-order valence-electron chi connectivity index (χ3n) is 4.35. The predicted octanol–water partition coefficient (Wildman–Crippen LogP) is 4.73. The fourth-order valence-corrected chi connectivity index (χ4v) is 2.88. The maximum Gasteiger partial charge on any atom is 0.0638 e. The van der Waals surface area contributed by atoms with Crippen molar-refractivity contribution in [2.45, 2.75) is 45.2 Å². The highest BCUT2D eigenvalue weighted by Gasteiger charge is 2.14. The zero-order valence-electron chi connectivity index (χ0n) is 14.2. The van der Waals surface area contributed by atoms with Gasteiger partial charge in [-0.1, -0.05) is 60.2 Å². The maximum atomic E-state index is 9.12. The summed E-state index contributed by atoms with van der Waals surface area (Å²) >= 11 is 0. The van der Waals surface area contributed by atoms with Crippen LogP contribution in [0.4, 0.5) is 0 Å². The van der Waals surface area contributed by atoms with Gasteiger partial charge < -0.3 is 0 Å². The van der Waals surface area contributed by atoms with Crippen molar-refractivity contribution in [1.82, 2.24) is 4.90 Å². The smallest absolute Gasteiger partial charge is 0.0638 e. The SMILES string of the molecule is Cc1ccc(CCCC(CC#N)N(C)Cc2ccccc2)cc1. The van der Waals surface area contributed by atoms with Gasteiger partial charge in [-0.2, -0.15) is 5.26 Å². The molecule has 0 aliphatic rings. The lowest BCUT2D eigenvalue weighted by Crippen LogP contribution is -2.31. The highest BCUT2D eigenvalue weighted by atomic mass is 15.1. The van der Waals surface area contributed by atoms with Gasteiger partial charge in [0, 0.05) is 12.6 Å². The van der Waals surface area contributed by atoms with Gasteiger partial charge in [0.2, 0.25) is 0 Å². The van der Waals surface area contributed by atoms with Crippen molar-refractivity contribution >= 4 is 0 Å². The van der Waals surface area contributed by atoms with Crippen LogP contribution in [0.2, 0.25) is 0 Å². The molecule has 0 saturated carbocycles. The van der Waals surface area contributed by atoms with Crippen LogP contribution in [-0.2, 0) is 13.0 Å². The molecule has 0 saturated heterocycles. The topological polar surface area (TPSA) is 27.0 Å². The predicted molar refractivity (Wildman–Crippen MR) is 96.0 cm³/mol. The van der Waals surface area contributed by atoms with Crippen LogP contribution in [0.1, 0.15) is 36.0 Å². The fraction of sp³-hybridized carbons (Fsp3) is 0.381. The molecule has 0 aromatic heterocycles. The lowest BCUT2D eigenvalue weighted by Gasteiger charge is -2.26. The molecular weight excluding hydrogens is 280 g/mol. The van der Waals surface area contributed by atoms with Crippen LogP contribution in [-0.4, -0.2) is 18.0 Å². The number of aryl methyl sites for hydroxylation is 2. The Bertz CT molecular complexity index is 611. The minimum Gasteiger partial charge on any atom is -0.298 e. The Kier molecular flexibility index (Phi) is 6.84. The van der Waals surface area contributed by atoms with Crippen molar-refractivity contribution in [3.8, 4) is 6.07 Å². The van der Waals surface area contributed by atoms with Gasteiger partial charge in [-0.3, -0.25) is 4.90 Å². The van der Waals surface area contributed by atoms with Crippen molar-refractivity contribution in [2.24, 2.45) is 0 Å². The molecule has 0 radical (unpaired) electrons. The molecule has 0 heterocycles. The second kappa shape index (κ2) is 9.12. The Morgan fingerprint density at radius 2 is 1.70 bits per heavy atom. The van der Waals surface area contributed by atoms with E-state index in [2.05, 4.69) is 73.5 Å². The van der Waals surface area contributed by atoms with Gasteiger partial charge in [0.05, 0.1) is 12.5 Å². The largest absolute Gasteiger partial charge is 0.298 e. The first-order valence-corrected chi connectivity index (χ1v) is 8.35. The van der Waals surface area contributed by atoms with Crippen LogP contribution in [0, 0.1) is 18.3 Å². The van der Waals surface area contributed by atoms with E-state index in [4.69, 9.17) is 5.26 Å². The van der Waals surface area contributed by atoms with E-state index in [1.165, 1.54) is 16.7 Å². The second-order valence-electron chi connectivity index (χ2n) is 6.29. The van der Waals surface area contributed by atoms with Gasteiger partial charge in [-0.05, 0) is 44.4 Å². The summed E-state index contributed by atoms with van der Waals surface area (Å²) in [6.45, 7) is 3.02. The van der Waals surface area contributed by atoms with Crippen molar-refractivity contribution in [2.75, 3.05) is 7.05 Å². The van der Waals surface area contributed by atoms with Crippen LogP contribution >= 0.6 is 0 Å². The summed E-state index contributed by atoms with van der Waals surface area (Å²) in [5.41, 5.74) is 3.99. The van der Waals surface area contributed by atoms with Crippen LogP contribution in [0.3, 0.4) is 0 Å². The Morgan fingerprint density at radius 3 is 2.35 bits per heavy atom. The molecule has 0 bridgehead atoms. The number of hydrogen-bond donors (Lipinski definition) is 0. The average Bonchev–Trinajstić information content (AvgIpc) is 2.56. The van der Waals surface area contributed by atoms with Gasteiger partial charge in [0.15, 0.2) is 0 Å². The standard InChI is InChI=1S/C21H26N2/c1-18-11-13-19(14-12-18)9-6-10-21(15-16-22)23(2)17-20-7-4-3-5-8-20/h3-5,7-8,11-14,21H,6,9-10,15,17H2,1-2H3. The van der Waals surface area contributed by atoms with E-state index in [-0.39, 0.29) is 0 Å². The van der Waals surface area contributed by atoms with Crippen molar-refractivity contribution in [3.05, 3.63) is 71.3 Å². The quantitative estimate of drug-likeness (QED) is 0.705. The van der Waals surface area contributed by atoms with E-state index >= 15 is 0 Å². The molecule has 0 aliphatic carbocycles. The molecule has 2 heteroatoms. The zero-order valence-corrected chi connectivity index (χ0v) is 14.2. The molecule has 23 heavy (non-hydrogen) atoms. The van der Waals surface area contributed by atoms with E-state index in [1.54, 1.807) is 0 Å². The molecule has 0 spiro atoms. The van der Waals surface area contributed by atoms with Crippen LogP contribution in [0.25, 0.3) is 0 Å². The fourth-order valence-electron chi connectivity index (χ4n) is 2.88. The molecule has 0 fully saturated rings. The molecule has 2 nitrogen and oxygen atoms in total. The summed E-state index contributed by atoms with van der Waals surface area (Å²) in [6, 6.07) is 21.9. The highest BCUT2D eigenvalue weighted by molar-refractivity contribution is 5.21. The van der Waals surface area contributed by atoms with E-state index < -0.39 is 0 Å². The first kappa shape index (κ1) is 17.2. The van der Waals surface area contributed by atoms with E-state index in [9.17, 15) is 0 Å². The lowest BCUT2D eigenvalue weighted by atomic mass is 10.0. The third-order valence-corrected chi connectivity index (χ3v) is 4.35. The van der Waals surface area contributed by atoms with Crippen molar-refractivity contribution in [1.29, 1.82) is 5.26 Å². The highest BCUT2D eigenvalue weighted by Crippen LogP contribution is 2.15. The summed E-state index contributed by atoms with van der Waals surface area (Å²) in [4.78, 5) is 2.31. The monoisotopic (exact) mass is 306 g/mol. The van der Waals surface area contributed by atoms with Gasteiger partial charge >= 0.3 is 0 Å². The summed E-state index contributed by atoms with van der Waals surface area (Å²) < 4.78 is 0. The third kappa shape index (κ3) is 5.88. The summed E-state index contributed by atoms with van der Waals surface area (Å²) in [5, 5.41) is 9.12. The molecule has 2 aromatic carbocycles. The Labute approximate surface area is 140 Å². The van der Waals surface area contributed by atoms with Gasteiger partial charge in [0.1, 0.15) is 0 Å².